The lowest BCUT2D eigenvalue weighted by molar-refractivity contribution is 0.0173. The Balaban J connectivity index is 1.61. The van der Waals surface area contributed by atoms with E-state index in [4.69, 9.17) is 4.74 Å². The molecule has 5 nitrogen and oxygen atoms in total. The van der Waals surface area contributed by atoms with Gasteiger partial charge in [-0.05, 0) is 55.9 Å². The lowest BCUT2D eigenvalue weighted by Gasteiger charge is -2.52. The fourth-order valence-corrected chi connectivity index (χ4v) is 4.14. The number of rotatable bonds is 3. The molecule has 3 heterocycles. The molecule has 2 bridgehead atoms. The third-order valence-electron chi connectivity index (χ3n) is 5.48. The summed E-state index contributed by atoms with van der Waals surface area (Å²) in [4.78, 5) is 18.5. The van der Waals surface area contributed by atoms with E-state index < -0.39 is 5.82 Å². The van der Waals surface area contributed by atoms with Crippen molar-refractivity contribution in [2.24, 2.45) is 0 Å². The molecule has 26 heavy (non-hydrogen) atoms. The number of hydrogen-bond donors (Lipinski definition) is 1. The SMILES string of the molecule is COc1c(F)cncc1-c1cc(NC(=O)N2C3CCCC2C3)ccc1C. The largest absolute Gasteiger partial charge is 0.493 e. The van der Waals surface area contributed by atoms with Crippen LogP contribution in [0.4, 0.5) is 14.9 Å². The number of nitrogens with one attached hydrogen (secondary N) is 1. The quantitative estimate of drug-likeness (QED) is 0.890. The van der Waals surface area contributed by atoms with Gasteiger partial charge in [0.1, 0.15) is 0 Å². The normalized spacial score (nSPS) is 21.1. The number of piperidine rings is 1. The number of methoxy groups -OCH3 is 1. The molecule has 1 aromatic heterocycles. The number of fused-ring (bicyclic) bond motifs is 2. The van der Waals surface area contributed by atoms with E-state index in [0.29, 0.717) is 23.3 Å². The molecule has 2 unspecified atom stereocenters. The molecule has 2 fully saturated rings. The zero-order valence-corrected chi connectivity index (χ0v) is 15.0. The van der Waals surface area contributed by atoms with Crippen molar-refractivity contribution in [2.75, 3.05) is 12.4 Å². The van der Waals surface area contributed by atoms with Crippen LogP contribution in [0.2, 0.25) is 0 Å². The molecule has 1 N–H and O–H groups in total. The number of aromatic nitrogens is 1. The van der Waals surface area contributed by atoms with Gasteiger partial charge in [0, 0.05) is 29.5 Å². The van der Waals surface area contributed by atoms with Crippen LogP contribution in [0.3, 0.4) is 0 Å². The van der Waals surface area contributed by atoms with Gasteiger partial charge in [-0.25, -0.2) is 9.18 Å². The zero-order valence-electron chi connectivity index (χ0n) is 15.0. The van der Waals surface area contributed by atoms with Crippen LogP contribution in [0.1, 0.15) is 31.2 Å². The molecule has 4 rings (SSSR count). The zero-order chi connectivity index (χ0) is 18.3. The number of carbonyl (C=O) groups is 1. The Kier molecular flexibility index (Phi) is 4.26. The van der Waals surface area contributed by atoms with Crippen LogP contribution in [0, 0.1) is 12.7 Å². The van der Waals surface area contributed by atoms with E-state index in [-0.39, 0.29) is 11.8 Å². The minimum absolute atomic E-state index is 0.0508. The summed E-state index contributed by atoms with van der Waals surface area (Å²) in [5, 5.41) is 2.99. The highest BCUT2D eigenvalue weighted by Gasteiger charge is 2.44. The second-order valence-electron chi connectivity index (χ2n) is 7.04. The summed E-state index contributed by atoms with van der Waals surface area (Å²) in [5.41, 5.74) is 3.00. The van der Waals surface area contributed by atoms with Gasteiger partial charge in [-0.15, -0.1) is 0 Å². The molecule has 0 spiro atoms. The predicted octanol–water partition coefficient (Wildman–Crippen LogP) is 4.36. The Labute approximate surface area is 152 Å². The van der Waals surface area contributed by atoms with E-state index in [0.717, 1.165) is 36.6 Å². The molecule has 2 aromatic rings. The molecule has 2 saturated heterocycles. The van der Waals surface area contributed by atoms with Crippen molar-refractivity contribution in [3.8, 4) is 16.9 Å². The van der Waals surface area contributed by atoms with Crippen molar-refractivity contribution in [3.63, 3.8) is 0 Å². The molecule has 6 heteroatoms. The highest BCUT2D eigenvalue weighted by Crippen LogP contribution is 2.39. The number of urea groups is 1. The number of nitrogens with zero attached hydrogens (tertiary/aromatic N) is 2. The standard InChI is InChI=1S/C20H22FN3O2/c1-12-6-7-13(23-20(25)24-14-4-3-5-15(24)9-14)8-16(12)17-10-22-11-18(21)19(17)26-2/h6-8,10-11,14-15H,3-5,9H2,1-2H3,(H,23,25). The third-order valence-corrected chi connectivity index (χ3v) is 5.48. The van der Waals surface area contributed by atoms with Crippen LogP contribution < -0.4 is 10.1 Å². The molecule has 0 radical (unpaired) electrons. The number of hydrogen-bond acceptors (Lipinski definition) is 3. The average molecular weight is 355 g/mol. The van der Waals surface area contributed by atoms with Gasteiger partial charge >= 0.3 is 6.03 Å². The van der Waals surface area contributed by atoms with E-state index in [1.165, 1.54) is 13.5 Å². The van der Waals surface area contributed by atoms with Gasteiger partial charge in [-0.2, -0.15) is 0 Å². The number of halogens is 1. The second-order valence-corrected chi connectivity index (χ2v) is 7.04. The number of carbonyl (C=O) groups excluding carboxylic acids is 1. The molecule has 0 saturated carbocycles. The lowest BCUT2D eigenvalue weighted by Crippen LogP contribution is -2.62. The van der Waals surface area contributed by atoms with Crippen LogP contribution in [-0.2, 0) is 0 Å². The van der Waals surface area contributed by atoms with Gasteiger partial charge in [0.25, 0.3) is 0 Å². The average Bonchev–Trinajstić information content (AvgIpc) is 2.63. The van der Waals surface area contributed by atoms with Crippen molar-refractivity contribution in [2.45, 2.75) is 44.7 Å². The first-order chi connectivity index (χ1) is 12.6. The smallest absolute Gasteiger partial charge is 0.322 e. The molecular weight excluding hydrogens is 333 g/mol. The lowest BCUT2D eigenvalue weighted by atomic mass is 9.80. The number of anilines is 1. The third kappa shape index (κ3) is 2.79. The van der Waals surface area contributed by atoms with Crippen molar-refractivity contribution in [1.82, 2.24) is 9.88 Å². The van der Waals surface area contributed by atoms with Crippen LogP contribution in [-0.4, -0.2) is 35.1 Å². The van der Waals surface area contributed by atoms with Gasteiger partial charge in [-0.1, -0.05) is 6.07 Å². The Morgan fingerprint density at radius 2 is 2.04 bits per heavy atom. The second kappa shape index (κ2) is 6.59. The van der Waals surface area contributed by atoms with E-state index in [1.807, 2.05) is 30.0 Å². The first-order valence-electron chi connectivity index (χ1n) is 8.96. The number of benzene rings is 1. The summed E-state index contributed by atoms with van der Waals surface area (Å²) < 4.78 is 19.2. The maximum atomic E-state index is 14.0. The maximum absolute atomic E-state index is 14.0. The molecule has 1 aromatic carbocycles. The summed E-state index contributed by atoms with van der Waals surface area (Å²) >= 11 is 0. The van der Waals surface area contributed by atoms with Crippen molar-refractivity contribution in [1.29, 1.82) is 0 Å². The van der Waals surface area contributed by atoms with Crippen molar-refractivity contribution >= 4 is 11.7 Å². The van der Waals surface area contributed by atoms with E-state index in [2.05, 4.69) is 10.3 Å². The van der Waals surface area contributed by atoms with Crippen molar-refractivity contribution < 1.29 is 13.9 Å². The number of pyridine rings is 1. The summed E-state index contributed by atoms with van der Waals surface area (Å²) in [5.74, 6) is -0.351. The minimum Gasteiger partial charge on any atom is -0.493 e. The fourth-order valence-electron chi connectivity index (χ4n) is 4.14. The Morgan fingerprint density at radius 1 is 1.27 bits per heavy atom. The minimum atomic E-state index is -0.507. The van der Waals surface area contributed by atoms with Gasteiger partial charge in [-0.3, -0.25) is 4.98 Å². The number of aryl methyl sites for hydroxylation is 1. The summed E-state index contributed by atoms with van der Waals surface area (Å²) in [7, 11) is 1.44. The van der Waals surface area contributed by atoms with Gasteiger partial charge in [0.15, 0.2) is 11.6 Å². The fraction of sp³-hybridized carbons (Fsp3) is 0.400. The molecule has 0 aliphatic carbocycles. The van der Waals surface area contributed by atoms with Gasteiger partial charge in [0.2, 0.25) is 0 Å². The Morgan fingerprint density at radius 3 is 2.73 bits per heavy atom. The van der Waals surface area contributed by atoms with Gasteiger partial charge < -0.3 is 15.0 Å². The van der Waals surface area contributed by atoms with E-state index in [1.54, 1.807) is 6.20 Å². The Bertz CT molecular complexity index is 841. The van der Waals surface area contributed by atoms with Crippen LogP contribution in [0.5, 0.6) is 5.75 Å². The molecule has 2 atom stereocenters. The van der Waals surface area contributed by atoms with E-state index in [9.17, 15) is 9.18 Å². The number of amides is 2. The van der Waals surface area contributed by atoms with Gasteiger partial charge in [0.05, 0.1) is 13.3 Å². The molecule has 2 aliphatic heterocycles. The molecule has 136 valence electrons. The topological polar surface area (TPSA) is 54.5 Å². The summed E-state index contributed by atoms with van der Waals surface area (Å²) in [6, 6.07) is 6.34. The van der Waals surface area contributed by atoms with Crippen molar-refractivity contribution in [3.05, 3.63) is 42.0 Å². The maximum Gasteiger partial charge on any atom is 0.322 e. The predicted molar refractivity (Wildman–Crippen MR) is 97.8 cm³/mol. The first kappa shape index (κ1) is 16.8. The highest BCUT2D eigenvalue weighted by molar-refractivity contribution is 5.91. The monoisotopic (exact) mass is 355 g/mol. The summed E-state index contributed by atoms with van der Waals surface area (Å²) in [6.45, 7) is 1.94. The molecule has 2 amide bonds. The molecular formula is C20H22FN3O2. The van der Waals surface area contributed by atoms with Crippen LogP contribution in [0.25, 0.3) is 11.1 Å². The number of ether oxygens (including phenoxy) is 1. The van der Waals surface area contributed by atoms with E-state index >= 15 is 0 Å². The highest BCUT2D eigenvalue weighted by atomic mass is 19.1. The first-order valence-corrected chi connectivity index (χ1v) is 8.96. The van der Waals surface area contributed by atoms with Crippen LogP contribution >= 0.6 is 0 Å². The molecule has 2 aliphatic rings. The van der Waals surface area contributed by atoms with Crippen LogP contribution in [0.15, 0.2) is 30.6 Å². The Hall–Kier alpha value is -2.63. The summed E-state index contributed by atoms with van der Waals surface area (Å²) in [6.07, 6.45) is 7.23.